The van der Waals surface area contributed by atoms with E-state index in [2.05, 4.69) is 0 Å². The fourth-order valence-corrected chi connectivity index (χ4v) is 1.73. The number of para-hydroxylation sites is 1. The molecular formula is C13H12ClNO. The first-order valence-corrected chi connectivity index (χ1v) is 5.31. The number of anilines is 1. The Morgan fingerprint density at radius 3 is 2.38 bits per heavy atom. The third-order valence-electron chi connectivity index (χ3n) is 2.43. The maximum absolute atomic E-state index is 5.63. The van der Waals surface area contributed by atoms with Gasteiger partial charge in [-0.3, -0.25) is 0 Å². The average Bonchev–Trinajstić information content (AvgIpc) is 2.33. The van der Waals surface area contributed by atoms with Gasteiger partial charge in [-0.05, 0) is 23.8 Å². The summed E-state index contributed by atoms with van der Waals surface area (Å²) in [5, 5.41) is 0. The molecule has 0 aromatic heterocycles. The Morgan fingerprint density at radius 1 is 1.00 bits per heavy atom. The van der Waals surface area contributed by atoms with Crippen LogP contribution in [0.3, 0.4) is 0 Å². The summed E-state index contributed by atoms with van der Waals surface area (Å²) < 4.78 is 4.79. The van der Waals surface area contributed by atoms with Crippen LogP contribution >= 0.6 is 11.9 Å². The molecule has 0 saturated heterocycles. The summed E-state index contributed by atoms with van der Waals surface area (Å²) in [5.41, 5.74) is 8.63. The number of nitrogens with two attached hydrogens (primary N) is 1. The van der Waals surface area contributed by atoms with Gasteiger partial charge in [-0.25, -0.2) is 0 Å². The molecule has 0 amide bonds. The number of benzene rings is 2. The van der Waals surface area contributed by atoms with Crippen LogP contribution in [0.5, 0.6) is 5.75 Å². The second-order valence-corrected chi connectivity index (χ2v) is 3.76. The normalized spacial score (nSPS) is 10.1. The fourth-order valence-electron chi connectivity index (χ4n) is 1.58. The van der Waals surface area contributed by atoms with Crippen molar-refractivity contribution in [2.24, 2.45) is 0 Å². The maximum atomic E-state index is 5.63. The van der Waals surface area contributed by atoms with Crippen LogP contribution in [0, 0.1) is 0 Å². The highest BCUT2D eigenvalue weighted by Gasteiger charge is 2.03. The largest absolute Gasteiger partial charge is 0.399 e. The Bertz CT molecular complexity index is 468. The minimum atomic E-state index is 0.695. The van der Waals surface area contributed by atoms with Gasteiger partial charge < -0.3 is 10.0 Å². The molecule has 0 saturated carbocycles. The van der Waals surface area contributed by atoms with Crippen LogP contribution in [0.4, 0.5) is 5.69 Å². The summed E-state index contributed by atoms with van der Waals surface area (Å²) in [6.45, 7) is 0. The second kappa shape index (κ2) is 4.90. The maximum Gasteiger partial charge on any atom is 0.149 e. The van der Waals surface area contributed by atoms with Crippen molar-refractivity contribution in [1.82, 2.24) is 0 Å². The Balaban J connectivity index is 2.23. The van der Waals surface area contributed by atoms with Gasteiger partial charge in [0.1, 0.15) is 17.6 Å². The van der Waals surface area contributed by atoms with Crippen molar-refractivity contribution in [3.63, 3.8) is 0 Å². The second-order valence-electron chi connectivity index (χ2n) is 3.60. The van der Waals surface area contributed by atoms with Crippen LogP contribution in [-0.4, -0.2) is 0 Å². The quantitative estimate of drug-likeness (QED) is 0.825. The van der Waals surface area contributed by atoms with Crippen molar-refractivity contribution in [1.29, 1.82) is 0 Å². The summed E-state index contributed by atoms with van der Waals surface area (Å²) >= 11 is 5.40. The minimum Gasteiger partial charge on any atom is -0.399 e. The topological polar surface area (TPSA) is 35.2 Å². The van der Waals surface area contributed by atoms with Gasteiger partial charge in [0, 0.05) is 17.7 Å². The van der Waals surface area contributed by atoms with Crippen LogP contribution in [-0.2, 0) is 6.42 Å². The van der Waals surface area contributed by atoms with Crippen LogP contribution < -0.4 is 10.0 Å². The Hall–Kier alpha value is -1.67. The van der Waals surface area contributed by atoms with Gasteiger partial charge in [-0.1, -0.05) is 30.3 Å². The Kier molecular flexibility index (Phi) is 3.32. The third-order valence-corrected chi connectivity index (χ3v) is 2.60. The molecule has 0 fully saturated rings. The van der Waals surface area contributed by atoms with E-state index in [0.717, 1.165) is 17.7 Å². The Labute approximate surface area is 99.8 Å². The van der Waals surface area contributed by atoms with Gasteiger partial charge in [0.25, 0.3) is 0 Å². The van der Waals surface area contributed by atoms with Crippen molar-refractivity contribution in [2.45, 2.75) is 6.42 Å². The molecule has 0 heterocycles. The van der Waals surface area contributed by atoms with Crippen LogP contribution in [0.2, 0.25) is 0 Å². The lowest BCUT2D eigenvalue weighted by molar-refractivity contribution is 0.610. The molecule has 0 bridgehead atoms. The first-order chi connectivity index (χ1) is 7.79. The zero-order valence-corrected chi connectivity index (χ0v) is 9.45. The van der Waals surface area contributed by atoms with E-state index in [0.29, 0.717) is 5.75 Å². The summed E-state index contributed by atoms with van der Waals surface area (Å²) in [4.78, 5) is 0. The van der Waals surface area contributed by atoms with E-state index in [1.54, 1.807) is 0 Å². The van der Waals surface area contributed by atoms with Crippen molar-refractivity contribution in [3.05, 3.63) is 59.7 Å². The zero-order valence-electron chi connectivity index (χ0n) is 8.69. The number of halogens is 1. The molecule has 0 unspecified atom stereocenters. The molecule has 16 heavy (non-hydrogen) atoms. The summed E-state index contributed by atoms with van der Waals surface area (Å²) in [6, 6.07) is 15.5. The monoisotopic (exact) mass is 233 g/mol. The van der Waals surface area contributed by atoms with Crippen molar-refractivity contribution in [2.75, 3.05) is 5.73 Å². The van der Waals surface area contributed by atoms with Crippen LogP contribution in [0.25, 0.3) is 0 Å². The summed E-state index contributed by atoms with van der Waals surface area (Å²) in [7, 11) is 0. The lowest BCUT2D eigenvalue weighted by Crippen LogP contribution is -1.92. The highest BCUT2D eigenvalue weighted by Crippen LogP contribution is 2.22. The molecule has 0 spiro atoms. The number of hydrogen-bond acceptors (Lipinski definition) is 2. The number of rotatable bonds is 3. The van der Waals surface area contributed by atoms with E-state index in [4.69, 9.17) is 21.9 Å². The summed E-state index contributed by atoms with van der Waals surface area (Å²) in [6.07, 6.45) is 0.781. The van der Waals surface area contributed by atoms with E-state index in [9.17, 15) is 0 Å². The molecule has 2 aromatic rings. The molecule has 0 radical (unpaired) electrons. The molecule has 3 heteroatoms. The molecular weight excluding hydrogens is 222 g/mol. The highest BCUT2D eigenvalue weighted by molar-refractivity contribution is 6.09. The predicted octanol–water partition coefficient (Wildman–Crippen LogP) is 3.39. The van der Waals surface area contributed by atoms with E-state index < -0.39 is 0 Å². The standard InChI is InChI=1S/C13H12ClNO/c14-16-13-4-2-1-3-11(13)9-10-5-7-12(15)8-6-10/h1-8H,9,15H2. The van der Waals surface area contributed by atoms with Crippen LogP contribution in [0.1, 0.15) is 11.1 Å². The molecule has 0 atom stereocenters. The number of nitrogen functional groups attached to an aromatic ring is 1. The van der Waals surface area contributed by atoms with Gasteiger partial charge >= 0.3 is 0 Å². The predicted molar refractivity (Wildman–Crippen MR) is 66.6 cm³/mol. The first-order valence-electron chi connectivity index (χ1n) is 5.00. The van der Waals surface area contributed by atoms with Gasteiger partial charge in [-0.2, -0.15) is 0 Å². The SMILES string of the molecule is Nc1ccc(Cc2ccccc2OCl)cc1. The lowest BCUT2D eigenvalue weighted by Gasteiger charge is -2.06. The van der Waals surface area contributed by atoms with E-state index in [1.807, 2.05) is 48.5 Å². The molecule has 2 nitrogen and oxygen atoms in total. The van der Waals surface area contributed by atoms with Gasteiger partial charge in [-0.15, -0.1) is 0 Å². The van der Waals surface area contributed by atoms with Crippen LogP contribution in [0.15, 0.2) is 48.5 Å². The zero-order chi connectivity index (χ0) is 11.4. The first kappa shape index (κ1) is 10.8. The minimum absolute atomic E-state index is 0.695. The molecule has 82 valence electrons. The molecule has 2 rings (SSSR count). The number of hydrogen-bond donors (Lipinski definition) is 1. The van der Waals surface area contributed by atoms with E-state index in [1.165, 1.54) is 5.56 Å². The van der Waals surface area contributed by atoms with Crippen molar-refractivity contribution in [3.8, 4) is 5.75 Å². The average molecular weight is 234 g/mol. The molecule has 0 aliphatic heterocycles. The van der Waals surface area contributed by atoms with Crippen molar-refractivity contribution >= 4 is 17.6 Å². The smallest absolute Gasteiger partial charge is 0.149 e. The van der Waals surface area contributed by atoms with Crippen molar-refractivity contribution < 1.29 is 4.29 Å². The van der Waals surface area contributed by atoms with E-state index >= 15 is 0 Å². The van der Waals surface area contributed by atoms with Gasteiger partial charge in [0.2, 0.25) is 0 Å². The lowest BCUT2D eigenvalue weighted by atomic mass is 10.0. The van der Waals surface area contributed by atoms with Gasteiger partial charge in [0.15, 0.2) is 0 Å². The van der Waals surface area contributed by atoms with Gasteiger partial charge in [0.05, 0.1) is 0 Å². The summed E-state index contributed by atoms with van der Waals surface area (Å²) in [5.74, 6) is 0.695. The third kappa shape index (κ3) is 2.47. The Morgan fingerprint density at radius 2 is 1.69 bits per heavy atom. The molecule has 2 aromatic carbocycles. The highest BCUT2D eigenvalue weighted by atomic mass is 35.5. The molecule has 0 aliphatic carbocycles. The molecule has 0 aliphatic rings. The van der Waals surface area contributed by atoms with E-state index in [-0.39, 0.29) is 0 Å². The fraction of sp³-hybridized carbons (Fsp3) is 0.0769. The molecule has 2 N–H and O–H groups in total.